The second-order valence-corrected chi connectivity index (χ2v) is 9.58. The Hall–Kier alpha value is 0.942. The Balaban J connectivity index is 0. The molecule has 1 radical (unpaired) electrons. The van der Waals surface area contributed by atoms with E-state index in [4.69, 9.17) is 24.8 Å². The Bertz CT molecular complexity index is 470. The first-order valence-electron chi connectivity index (χ1n) is 9.61. The van der Waals surface area contributed by atoms with Crippen molar-refractivity contribution in [3.05, 3.63) is 0 Å². The molecule has 3 N–H and O–H groups in total. The summed E-state index contributed by atoms with van der Waals surface area (Å²) < 4.78 is 14.4. The predicted octanol–water partition coefficient (Wildman–Crippen LogP) is 1.37. The van der Waals surface area contributed by atoms with Crippen molar-refractivity contribution in [3.63, 3.8) is 0 Å². The molecule has 9 nitrogen and oxygen atoms in total. The van der Waals surface area contributed by atoms with E-state index in [1.165, 1.54) is 35.3 Å². The summed E-state index contributed by atoms with van der Waals surface area (Å²) in [5, 5.41) is 26.7. The summed E-state index contributed by atoms with van der Waals surface area (Å²) in [7, 11) is 0. The van der Waals surface area contributed by atoms with E-state index < -0.39 is 6.29 Å². The monoisotopic (exact) mass is 715 g/mol. The molecule has 0 amide bonds. The second kappa shape index (κ2) is 22.7. The molecule has 2 rings (SSSR count). The van der Waals surface area contributed by atoms with Crippen LogP contribution in [0.25, 0.3) is 0 Å². The van der Waals surface area contributed by atoms with Gasteiger partial charge in [0.25, 0.3) is 0 Å². The van der Waals surface area contributed by atoms with E-state index in [2.05, 4.69) is 4.74 Å². The zero-order valence-electron chi connectivity index (χ0n) is 17.8. The summed E-state index contributed by atoms with van der Waals surface area (Å²) >= 11 is 4.28. The number of aliphatic hydroxyl groups excluding tert-OH is 3. The molecule has 4 unspecified atom stereocenters. The zero-order chi connectivity index (χ0) is 22.8. The molecule has 13 heteroatoms. The first-order chi connectivity index (χ1) is 14.3. The average Bonchev–Trinajstić information content (AvgIpc) is 3.14. The molecule has 0 spiro atoms. The molecular weight excluding hydrogens is 683 g/mol. The molecule has 2 aliphatic rings. The van der Waals surface area contributed by atoms with Gasteiger partial charge in [-0.25, -0.2) is 0 Å². The smallest absolute Gasteiger partial charge is 0.306 e. The van der Waals surface area contributed by atoms with Gasteiger partial charge in [0.2, 0.25) is 0 Å². The number of aldehydes is 1. The number of esters is 2. The normalized spacial score (nSPS) is 24.3. The zero-order valence-corrected chi connectivity index (χ0v) is 25.0. The summed E-state index contributed by atoms with van der Waals surface area (Å²) in [5.74, 6) is 1.37. The number of ether oxygens (including phenoxy) is 3. The molecule has 2 fully saturated rings. The first kappa shape index (κ1) is 34.1. The van der Waals surface area contributed by atoms with Crippen LogP contribution < -0.4 is 0 Å². The minimum Gasteiger partial charge on any atom is -0.462 e. The van der Waals surface area contributed by atoms with Crippen molar-refractivity contribution in [2.24, 2.45) is 0 Å². The Labute approximate surface area is 232 Å². The van der Waals surface area contributed by atoms with E-state index in [1.54, 1.807) is 0 Å². The third-order valence-corrected chi connectivity index (χ3v) is 6.83. The molecule has 0 aliphatic carbocycles. The predicted molar refractivity (Wildman–Crippen MR) is 118 cm³/mol. The molecule has 0 bridgehead atoms. The maximum atomic E-state index is 10.9. The van der Waals surface area contributed by atoms with Gasteiger partial charge in [0, 0.05) is 74.2 Å². The van der Waals surface area contributed by atoms with Crippen LogP contribution in [-0.4, -0.2) is 86.6 Å². The molecule has 0 aromatic carbocycles. The van der Waals surface area contributed by atoms with Gasteiger partial charge in [0.1, 0.15) is 29.5 Å². The fraction of sp³-hybridized carbons (Fsp3) is 0.833. The summed E-state index contributed by atoms with van der Waals surface area (Å²) in [6.07, 6.45) is 2.25. The third-order valence-electron chi connectivity index (χ3n) is 3.20. The molecule has 0 aromatic rings. The molecular formula is C18H32AcO9S3. The third kappa shape index (κ3) is 21.2. The van der Waals surface area contributed by atoms with Crippen molar-refractivity contribution < 1.29 is 88.0 Å². The molecule has 2 heterocycles. The van der Waals surface area contributed by atoms with Crippen molar-refractivity contribution in [3.8, 4) is 0 Å². The number of thioether (sulfide) groups is 3. The summed E-state index contributed by atoms with van der Waals surface area (Å²) in [5.41, 5.74) is -0.720. The van der Waals surface area contributed by atoms with Gasteiger partial charge in [-0.3, -0.25) is 14.4 Å². The van der Waals surface area contributed by atoms with E-state index in [0.29, 0.717) is 36.4 Å². The van der Waals surface area contributed by atoms with Crippen LogP contribution in [0, 0.1) is 44.1 Å². The van der Waals surface area contributed by atoms with E-state index in [0.717, 1.165) is 12.8 Å². The Morgan fingerprint density at radius 2 is 1.45 bits per heavy atom. The van der Waals surface area contributed by atoms with Crippen molar-refractivity contribution in [1.29, 1.82) is 0 Å². The van der Waals surface area contributed by atoms with Crippen LogP contribution in [0.2, 0.25) is 0 Å². The molecule has 0 aromatic heterocycles. The summed E-state index contributed by atoms with van der Waals surface area (Å²) in [6, 6.07) is 0. The van der Waals surface area contributed by atoms with E-state index in [1.807, 2.05) is 13.8 Å². The van der Waals surface area contributed by atoms with Crippen LogP contribution in [0.5, 0.6) is 0 Å². The maximum Gasteiger partial charge on any atom is 0.306 e. The van der Waals surface area contributed by atoms with Gasteiger partial charge in [-0.2, -0.15) is 0 Å². The van der Waals surface area contributed by atoms with Crippen LogP contribution in [0.4, 0.5) is 0 Å². The van der Waals surface area contributed by atoms with E-state index in [9.17, 15) is 14.4 Å². The van der Waals surface area contributed by atoms with Gasteiger partial charge >= 0.3 is 11.9 Å². The topological polar surface area (TPSA) is 140 Å². The van der Waals surface area contributed by atoms with Crippen molar-refractivity contribution in [2.75, 3.05) is 30.5 Å². The first-order valence-corrected chi connectivity index (χ1v) is 12.8. The molecule has 2 saturated heterocycles. The van der Waals surface area contributed by atoms with Crippen LogP contribution in [0.15, 0.2) is 0 Å². The largest absolute Gasteiger partial charge is 0.462 e. The molecule has 0 saturated carbocycles. The van der Waals surface area contributed by atoms with E-state index >= 15 is 0 Å². The molecule has 4 atom stereocenters. The van der Waals surface area contributed by atoms with Gasteiger partial charge < -0.3 is 29.5 Å². The van der Waals surface area contributed by atoms with Crippen molar-refractivity contribution in [1.82, 2.24) is 0 Å². The number of rotatable bonds is 8. The molecule has 31 heavy (non-hydrogen) atoms. The maximum absolute atomic E-state index is 10.9. The average molecular weight is 716 g/mol. The SMILES string of the molecule is CCCC(=O)OCC1OC(O)CS1.CCCC(=O)OCC=O.OC1CSC(O)CS1.[Ac]. The number of carbonyl (C=O) groups excluding carboxylic acids is 3. The standard InChI is InChI=1S/C8H14O4S.C6H10O3.C4H8O2S2.Ac/c1-2-3-6(9)11-4-8-12-7(10)5-13-8;1-2-3-6(8)9-5-4-7;5-3-1-7-4(6)2-8-3;/h7-8,10H,2-5H2,1H3;4H,2-3,5H2,1H3;3-6H,1-2H2;. The van der Waals surface area contributed by atoms with Crippen LogP contribution in [0.3, 0.4) is 0 Å². The van der Waals surface area contributed by atoms with Gasteiger partial charge in [-0.1, -0.05) is 13.8 Å². The van der Waals surface area contributed by atoms with Gasteiger partial charge in [0.15, 0.2) is 12.6 Å². The second-order valence-electron chi connectivity index (χ2n) is 5.96. The number of hydrogen-bond acceptors (Lipinski definition) is 12. The van der Waals surface area contributed by atoms with E-state index in [-0.39, 0.29) is 85.5 Å². The van der Waals surface area contributed by atoms with Gasteiger partial charge in [0.05, 0.1) is 0 Å². The van der Waals surface area contributed by atoms with Crippen molar-refractivity contribution >= 4 is 53.5 Å². The Kier molecular flexibility index (Phi) is 25.0. The quantitative estimate of drug-likeness (QED) is 0.247. The van der Waals surface area contributed by atoms with Crippen molar-refractivity contribution in [2.45, 2.75) is 62.1 Å². The minimum absolute atomic E-state index is 0. The molecule has 2 aliphatic heterocycles. The van der Waals surface area contributed by atoms with Crippen LogP contribution in [0.1, 0.15) is 39.5 Å². The van der Waals surface area contributed by atoms with Crippen LogP contribution >= 0.6 is 35.3 Å². The fourth-order valence-electron chi connectivity index (χ4n) is 1.85. The summed E-state index contributed by atoms with van der Waals surface area (Å²) in [4.78, 5) is 31.0. The van der Waals surface area contributed by atoms with Gasteiger partial charge in [-0.15, -0.1) is 35.3 Å². The number of hydrogen-bond donors (Lipinski definition) is 3. The number of aliphatic hydroxyl groups is 3. The van der Waals surface area contributed by atoms with Gasteiger partial charge in [-0.05, 0) is 12.8 Å². The minimum atomic E-state index is -0.708. The van der Waals surface area contributed by atoms with Crippen LogP contribution in [-0.2, 0) is 28.6 Å². The Morgan fingerprint density at radius 3 is 1.84 bits per heavy atom. The Morgan fingerprint density at radius 1 is 0.935 bits per heavy atom. The summed E-state index contributed by atoms with van der Waals surface area (Å²) in [6.45, 7) is 3.92. The molecule has 179 valence electrons. The number of carbonyl (C=O) groups is 3. The fourth-order valence-corrected chi connectivity index (χ4v) is 4.70.